The van der Waals surface area contributed by atoms with Crippen molar-refractivity contribution in [3.05, 3.63) is 182 Å². The summed E-state index contributed by atoms with van der Waals surface area (Å²) in [4.78, 5) is 15.5. The van der Waals surface area contributed by atoms with Crippen LogP contribution in [0, 0.1) is 0 Å². The van der Waals surface area contributed by atoms with Crippen molar-refractivity contribution in [3.63, 3.8) is 0 Å². The number of hydrogen-bond acceptors (Lipinski definition) is 4. The highest BCUT2D eigenvalue weighted by molar-refractivity contribution is 7.26. The highest BCUT2D eigenvalue weighted by atomic mass is 32.1. The van der Waals surface area contributed by atoms with Crippen LogP contribution in [0.4, 0.5) is 0 Å². The summed E-state index contributed by atoms with van der Waals surface area (Å²) in [6.07, 6.45) is 0. The normalized spacial score (nSPS) is 11.5. The Balaban J connectivity index is 1.14. The van der Waals surface area contributed by atoms with E-state index in [-0.39, 0.29) is 0 Å². The Kier molecular flexibility index (Phi) is 7.29. The largest absolute Gasteiger partial charge is 0.292 e. The molecule has 0 atom stereocenters. The Labute approximate surface area is 305 Å². The molecule has 0 bridgehead atoms. The van der Waals surface area contributed by atoms with E-state index in [1.54, 1.807) is 0 Å². The monoisotopic (exact) mass is 682 g/mol. The number of thiophene rings is 1. The average molecular weight is 683 g/mol. The van der Waals surface area contributed by atoms with Crippen LogP contribution in [0.5, 0.6) is 0 Å². The van der Waals surface area contributed by atoms with Crippen molar-refractivity contribution in [2.75, 3.05) is 0 Å². The Morgan fingerprint density at radius 2 is 1.10 bits per heavy atom. The van der Waals surface area contributed by atoms with E-state index in [9.17, 15) is 0 Å². The van der Waals surface area contributed by atoms with Crippen molar-refractivity contribution in [2.45, 2.75) is 0 Å². The standard InChI is InChI=1S/C47H30N4S/c1-4-14-31(15-5-1)33-18-12-19-34(28-33)40-30-41(49-46(48-40)32-16-6-2-7-17-32)37-22-13-25-43-45(37)38-27-26-35(29-44(38)52-43)47-50-39-23-10-11-24-42(39)51(47)36-20-8-3-9-21-36/h1-30H. The van der Waals surface area contributed by atoms with Gasteiger partial charge in [-0.3, -0.25) is 4.57 Å². The summed E-state index contributed by atoms with van der Waals surface area (Å²) in [5.74, 6) is 1.63. The molecule has 0 N–H and O–H groups in total. The fourth-order valence-electron chi connectivity index (χ4n) is 7.17. The predicted molar refractivity (Wildman–Crippen MR) is 217 cm³/mol. The molecule has 4 nitrogen and oxygen atoms in total. The first-order chi connectivity index (χ1) is 25.8. The number of fused-ring (bicyclic) bond motifs is 4. The summed E-state index contributed by atoms with van der Waals surface area (Å²) in [6, 6.07) is 63.6. The molecule has 0 saturated heterocycles. The highest BCUT2D eigenvalue weighted by Crippen LogP contribution is 2.42. The lowest BCUT2D eigenvalue weighted by atomic mass is 9.99. The van der Waals surface area contributed by atoms with Gasteiger partial charge in [-0.25, -0.2) is 15.0 Å². The summed E-state index contributed by atoms with van der Waals surface area (Å²) < 4.78 is 4.68. The first kappa shape index (κ1) is 30.2. The first-order valence-electron chi connectivity index (χ1n) is 17.4. The Morgan fingerprint density at radius 3 is 1.92 bits per heavy atom. The summed E-state index contributed by atoms with van der Waals surface area (Å²) in [5.41, 5.74) is 11.5. The Hall–Kier alpha value is -6.69. The van der Waals surface area contributed by atoms with Gasteiger partial charge in [0.05, 0.1) is 22.4 Å². The van der Waals surface area contributed by atoms with Crippen LogP contribution in [-0.2, 0) is 0 Å². The second-order valence-electron chi connectivity index (χ2n) is 12.9. The van der Waals surface area contributed by atoms with Gasteiger partial charge in [0.15, 0.2) is 5.82 Å². The van der Waals surface area contributed by atoms with Crippen molar-refractivity contribution in [2.24, 2.45) is 0 Å². The molecular formula is C47H30N4S. The third kappa shape index (κ3) is 5.27. The number of nitrogens with zero attached hydrogens (tertiary/aromatic N) is 4. The number of para-hydroxylation sites is 3. The summed E-state index contributed by atoms with van der Waals surface area (Å²) in [6.45, 7) is 0. The first-order valence-corrected chi connectivity index (χ1v) is 18.2. The number of rotatable bonds is 6. The molecule has 10 rings (SSSR count). The number of imidazole rings is 1. The van der Waals surface area contributed by atoms with Crippen LogP contribution in [0.1, 0.15) is 0 Å². The van der Waals surface area contributed by atoms with E-state index < -0.39 is 0 Å². The fraction of sp³-hybridized carbons (Fsp3) is 0. The minimum absolute atomic E-state index is 0.705. The van der Waals surface area contributed by atoms with Crippen LogP contribution in [0.25, 0.3) is 93.3 Å². The molecule has 0 amide bonds. The molecule has 244 valence electrons. The quantitative estimate of drug-likeness (QED) is 0.175. The SMILES string of the molecule is c1ccc(-c2cccc(-c3cc(-c4cccc5sc6cc(-c7nc8ccccc8n7-c7ccccc7)ccc6c45)nc(-c4ccccc4)n3)c2)cc1. The third-order valence-electron chi connectivity index (χ3n) is 9.63. The second kappa shape index (κ2) is 12.6. The van der Waals surface area contributed by atoms with Crippen molar-refractivity contribution < 1.29 is 0 Å². The van der Waals surface area contributed by atoms with Crippen LogP contribution in [-0.4, -0.2) is 19.5 Å². The lowest BCUT2D eigenvalue weighted by molar-refractivity contribution is 1.10. The van der Waals surface area contributed by atoms with E-state index >= 15 is 0 Å². The molecule has 3 aromatic heterocycles. The van der Waals surface area contributed by atoms with E-state index in [1.807, 2.05) is 47.7 Å². The Morgan fingerprint density at radius 1 is 0.423 bits per heavy atom. The van der Waals surface area contributed by atoms with Gasteiger partial charge in [-0.05, 0) is 59.7 Å². The molecule has 0 aliphatic rings. The zero-order valence-corrected chi connectivity index (χ0v) is 28.8. The molecule has 0 aliphatic heterocycles. The minimum Gasteiger partial charge on any atom is -0.292 e. The van der Waals surface area contributed by atoms with E-state index in [0.717, 1.165) is 61.8 Å². The number of hydrogen-bond donors (Lipinski definition) is 0. The van der Waals surface area contributed by atoms with Crippen LogP contribution in [0.3, 0.4) is 0 Å². The Bertz CT molecular complexity index is 2890. The van der Waals surface area contributed by atoms with E-state index in [2.05, 4.69) is 150 Å². The van der Waals surface area contributed by atoms with Crippen LogP contribution in [0.2, 0.25) is 0 Å². The van der Waals surface area contributed by atoms with Gasteiger partial charge in [0.25, 0.3) is 0 Å². The maximum absolute atomic E-state index is 5.23. The fourth-order valence-corrected chi connectivity index (χ4v) is 8.35. The van der Waals surface area contributed by atoms with Crippen LogP contribution in [0.15, 0.2) is 182 Å². The smallest absolute Gasteiger partial charge is 0.160 e. The van der Waals surface area contributed by atoms with Gasteiger partial charge in [-0.15, -0.1) is 11.3 Å². The van der Waals surface area contributed by atoms with E-state index in [1.165, 1.54) is 25.7 Å². The maximum Gasteiger partial charge on any atom is 0.160 e. The van der Waals surface area contributed by atoms with Crippen molar-refractivity contribution in [1.29, 1.82) is 0 Å². The van der Waals surface area contributed by atoms with Crippen molar-refractivity contribution >= 4 is 42.5 Å². The lowest BCUT2D eigenvalue weighted by Gasteiger charge is -2.12. The van der Waals surface area contributed by atoms with Gasteiger partial charge in [-0.2, -0.15) is 0 Å². The van der Waals surface area contributed by atoms with Gasteiger partial charge in [0, 0.05) is 48.1 Å². The third-order valence-corrected chi connectivity index (χ3v) is 10.7. The van der Waals surface area contributed by atoms with Gasteiger partial charge >= 0.3 is 0 Å². The molecule has 0 spiro atoms. The van der Waals surface area contributed by atoms with Crippen LogP contribution < -0.4 is 0 Å². The minimum atomic E-state index is 0.705. The predicted octanol–water partition coefficient (Wildman–Crippen LogP) is 12.5. The molecular weight excluding hydrogens is 653 g/mol. The van der Waals surface area contributed by atoms with Gasteiger partial charge in [-0.1, -0.05) is 133 Å². The summed E-state index contributed by atoms with van der Waals surface area (Å²) in [5, 5.41) is 2.40. The second-order valence-corrected chi connectivity index (χ2v) is 13.9. The molecule has 52 heavy (non-hydrogen) atoms. The molecule has 0 radical (unpaired) electrons. The molecule has 3 heterocycles. The molecule has 10 aromatic rings. The summed E-state index contributed by atoms with van der Waals surface area (Å²) in [7, 11) is 0. The van der Waals surface area contributed by atoms with Gasteiger partial charge in [0.2, 0.25) is 0 Å². The van der Waals surface area contributed by atoms with Crippen molar-refractivity contribution in [3.8, 4) is 62.1 Å². The summed E-state index contributed by atoms with van der Waals surface area (Å²) >= 11 is 1.81. The highest BCUT2D eigenvalue weighted by Gasteiger charge is 2.19. The van der Waals surface area contributed by atoms with Gasteiger partial charge < -0.3 is 0 Å². The zero-order valence-electron chi connectivity index (χ0n) is 28.0. The van der Waals surface area contributed by atoms with Crippen LogP contribution >= 0.6 is 11.3 Å². The average Bonchev–Trinajstić information content (AvgIpc) is 3.80. The molecule has 0 saturated carbocycles. The molecule has 0 fully saturated rings. The molecule has 7 aromatic carbocycles. The lowest BCUT2D eigenvalue weighted by Crippen LogP contribution is -1.97. The van der Waals surface area contributed by atoms with Gasteiger partial charge in [0.1, 0.15) is 5.82 Å². The molecule has 0 aliphatic carbocycles. The molecule has 5 heteroatoms. The topological polar surface area (TPSA) is 43.6 Å². The van der Waals surface area contributed by atoms with Crippen molar-refractivity contribution in [1.82, 2.24) is 19.5 Å². The zero-order chi connectivity index (χ0) is 34.4. The van der Waals surface area contributed by atoms with E-state index in [0.29, 0.717) is 5.82 Å². The molecule has 0 unspecified atom stereocenters. The maximum atomic E-state index is 5.23. The number of benzene rings is 7. The van der Waals surface area contributed by atoms with E-state index in [4.69, 9.17) is 15.0 Å². The number of aromatic nitrogens is 4.